The largest absolute Gasteiger partial charge is 0.369 e. The third kappa shape index (κ3) is 4.42. The van der Waals surface area contributed by atoms with E-state index in [0.29, 0.717) is 25.3 Å². The van der Waals surface area contributed by atoms with E-state index in [1.807, 2.05) is 18.7 Å². The van der Waals surface area contributed by atoms with Crippen molar-refractivity contribution in [2.75, 3.05) is 18.0 Å². The van der Waals surface area contributed by atoms with E-state index in [1.165, 1.54) is 6.20 Å². The molecule has 8 heteroatoms. The average Bonchev–Trinajstić information content (AvgIpc) is 2.97. The number of nitrogens with two attached hydrogens (primary N) is 1. The maximum atomic E-state index is 12.3. The van der Waals surface area contributed by atoms with Gasteiger partial charge in [0.2, 0.25) is 15.9 Å². The Morgan fingerprint density at radius 1 is 1.52 bits per heavy atom. The van der Waals surface area contributed by atoms with Gasteiger partial charge in [0, 0.05) is 25.3 Å². The summed E-state index contributed by atoms with van der Waals surface area (Å²) in [5.41, 5.74) is 5.32. The van der Waals surface area contributed by atoms with E-state index in [-0.39, 0.29) is 22.8 Å². The van der Waals surface area contributed by atoms with Gasteiger partial charge < -0.3 is 10.6 Å². The molecule has 0 aromatic carbocycles. The predicted octanol–water partition coefficient (Wildman–Crippen LogP) is 0.860. The minimum Gasteiger partial charge on any atom is -0.369 e. The second-order valence-corrected chi connectivity index (χ2v) is 7.71. The second kappa shape index (κ2) is 7.27. The summed E-state index contributed by atoms with van der Waals surface area (Å²) in [7, 11) is -3.55. The minimum atomic E-state index is -3.55. The summed E-state index contributed by atoms with van der Waals surface area (Å²) in [5.74, 6) is 0.187. The first-order chi connectivity index (χ1) is 10.8. The molecule has 2 heterocycles. The molecule has 0 spiro atoms. The number of amides is 1. The summed E-state index contributed by atoms with van der Waals surface area (Å²) in [6.07, 6.45) is 3.75. The summed E-state index contributed by atoms with van der Waals surface area (Å²) in [6.45, 7) is 5.08. The highest BCUT2D eigenvalue weighted by Gasteiger charge is 2.27. The fourth-order valence-corrected chi connectivity index (χ4v) is 3.97. The number of hydrogen-bond acceptors (Lipinski definition) is 5. The maximum Gasteiger partial charge on any atom is 0.242 e. The van der Waals surface area contributed by atoms with E-state index in [2.05, 4.69) is 9.71 Å². The molecule has 2 unspecified atom stereocenters. The van der Waals surface area contributed by atoms with Gasteiger partial charge in [0.25, 0.3) is 0 Å². The summed E-state index contributed by atoms with van der Waals surface area (Å²) in [4.78, 5) is 17.5. The third-order valence-electron chi connectivity index (χ3n) is 4.02. The van der Waals surface area contributed by atoms with Crippen LogP contribution < -0.4 is 15.4 Å². The summed E-state index contributed by atoms with van der Waals surface area (Å²) in [5, 5.41) is 0. The first kappa shape index (κ1) is 17.7. The molecule has 1 aliphatic rings. The number of rotatable bonds is 7. The molecule has 0 radical (unpaired) electrons. The van der Waals surface area contributed by atoms with Gasteiger partial charge >= 0.3 is 0 Å². The highest BCUT2D eigenvalue weighted by atomic mass is 32.2. The normalized spacial score (nSPS) is 19.7. The van der Waals surface area contributed by atoms with Crippen molar-refractivity contribution >= 4 is 21.7 Å². The number of nitrogens with zero attached hydrogens (tertiary/aromatic N) is 2. The van der Waals surface area contributed by atoms with Crippen LogP contribution >= 0.6 is 0 Å². The van der Waals surface area contributed by atoms with Crippen molar-refractivity contribution in [2.24, 2.45) is 11.7 Å². The molecule has 0 aliphatic carbocycles. The van der Waals surface area contributed by atoms with Gasteiger partial charge in [-0.1, -0.05) is 13.3 Å². The first-order valence-electron chi connectivity index (χ1n) is 7.86. The van der Waals surface area contributed by atoms with Crippen molar-refractivity contribution in [1.29, 1.82) is 0 Å². The molecule has 1 aliphatic heterocycles. The highest BCUT2D eigenvalue weighted by molar-refractivity contribution is 7.89. The number of hydrogen-bond donors (Lipinski definition) is 2. The van der Waals surface area contributed by atoms with Crippen LogP contribution in [-0.2, 0) is 14.8 Å². The fraction of sp³-hybridized carbons (Fsp3) is 0.600. The zero-order chi connectivity index (χ0) is 17.0. The standard InChI is InChI=1S/C15H24N4O3S/c1-3-4-11(2)18-23(21,22)13-5-6-14(17-9-13)19-8-7-12(10-19)15(16)20/h5-6,9,11-12,18H,3-4,7-8,10H2,1-2H3,(H2,16,20). The van der Waals surface area contributed by atoms with Gasteiger partial charge in [-0.05, 0) is 31.9 Å². The number of carbonyl (C=O) groups is 1. The van der Waals surface area contributed by atoms with Crippen molar-refractivity contribution in [3.05, 3.63) is 18.3 Å². The highest BCUT2D eigenvalue weighted by Crippen LogP contribution is 2.22. The number of aromatic nitrogens is 1. The molecule has 2 rings (SSSR count). The quantitative estimate of drug-likeness (QED) is 0.766. The van der Waals surface area contributed by atoms with E-state index in [9.17, 15) is 13.2 Å². The number of sulfonamides is 1. The first-order valence-corrected chi connectivity index (χ1v) is 9.34. The van der Waals surface area contributed by atoms with Gasteiger partial charge in [0.1, 0.15) is 10.7 Å². The zero-order valence-corrected chi connectivity index (χ0v) is 14.3. The zero-order valence-electron chi connectivity index (χ0n) is 13.5. The van der Waals surface area contributed by atoms with Gasteiger partial charge in [-0.2, -0.15) is 0 Å². The van der Waals surface area contributed by atoms with Crippen molar-refractivity contribution in [3.8, 4) is 0 Å². The predicted molar refractivity (Wildman–Crippen MR) is 88.4 cm³/mol. The molecule has 0 bridgehead atoms. The lowest BCUT2D eigenvalue weighted by Gasteiger charge is -2.18. The number of anilines is 1. The van der Waals surface area contributed by atoms with Crippen LogP contribution in [0.5, 0.6) is 0 Å². The summed E-state index contributed by atoms with van der Waals surface area (Å²) >= 11 is 0. The molecular formula is C15H24N4O3S. The molecule has 2 atom stereocenters. The molecule has 1 aromatic heterocycles. The number of pyridine rings is 1. The third-order valence-corrected chi connectivity index (χ3v) is 5.60. The molecule has 128 valence electrons. The van der Waals surface area contributed by atoms with Crippen molar-refractivity contribution in [2.45, 2.75) is 44.0 Å². The van der Waals surface area contributed by atoms with Crippen molar-refractivity contribution in [3.63, 3.8) is 0 Å². The Balaban J connectivity index is 2.06. The fourth-order valence-electron chi connectivity index (χ4n) is 2.74. The van der Waals surface area contributed by atoms with Crippen LogP contribution in [0.3, 0.4) is 0 Å². The Morgan fingerprint density at radius 3 is 2.78 bits per heavy atom. The van der Waals surface area contributed by atoms with E-state index >= 15 is 0 Å². The lowest BCUT2D eigenvalue weighted by molar-refractivity contribution is -0.121. The van der Waals surface area contributed by atoms with Crippen LogP contribution in [0.25, 0.3) is 0 Å². The monoisotopic (exact) mass is 340 g/mol. The van der Waals surface area contributed by atoms with Crippen LogP contribution in [0.15, 0.2) is 23.2 Å². The molecule has 23 heavy (non-hydrogen) atoms. The molecule has 1 amide bonds. The number of primary amides is 1. The summed E-state index contributed by atoms with van der Waals surface area (Å²) < 4.78 is 27.2. The Kier molecular flexibility index (Phi) is 5.59. The van der Waals surface area contributed by atoms with Gasteiger partial charge in [-0.25, -0.2) is 18.1 Å². The summed E-state index contributed by atoms with van der Waals surface area (Å²) in [6, 6.07) is 3.10. The minimum absolute atomic E-state index is 0.111. The van der Waals surface area contributed by atoms with Crippen LogP contribution in [-0.4, -0.2) is 38.4 Å². The molecule has 1 aromatic rings. The SMILES string of the molecule is CCCC(C)NS(=O)(=O)c1ccc(N2CCC(C(N)=O)C2)nc1. The van der Waals surface area contributed by atoms with Gasteiger partial charge in [0.05, 0.1) is 5.92 Å². The Bertz CT molecular complexity index is 645. The molecule has 3 N–H and O–H groups in total. The van der Waals surface area contributed by atoms with Crippen LogP contribution in [0.1, 0.15) is 33.1 Å². The van der Waals surface area contributed by atoms with Crippen molar-refractivity contribution < 1.29 is 13.2 Å². The lowest BCUT2D eigenvalue weighted by Crippen LogP contribution is -2.32. The lowest BCUT2D eigenvalue weighted by atomic mass is 10.1. The number of nitrogens with one attached hydrogen (secondary N) is 1. The molecule has 7 nitrogen and oxygen atoms in total. The van der Waals surface area contributed by atoms with E-state index in [1.54, 1.807) is 12.1 Å². The molecular weight excluding hydrogens is 316 g/mol. The second-order valence-electron chi connectivity index (χ2n) is 6.00. The molecule has 1 fully saturated rings. The Hall–Kier alpha value is -1.67. The van der Waals surface area contributed by atoms with Crippen LogP contribution in [0.2, 0.25) is 0 Å². The van der Waals surface area contributed by atoms with E-state index in [0.717, 1.165) is 12.8 Å². The van der Waals surface area contributed by atoms with Crippen molar-refractivity contribution in [1.82, 2.24) is 9.71 Å². The molecule has 0 saturated carbocycles. The number of carbonyl (C=O) groups excluding carboxylic acids is 1. The van der Waals surface area contributed by atoms with E-state index in [4.69, 9.17) is 5.73 Å². The van der Waals surface area contributed by atoms with E-state index < -0.39 is 10.0 Å². The Morgan fingerprint density at radius 2 is 2.26 bits per heavy atom. The molecule has 1 saturated heterocycles. The van der Waals surface area contributed by atoms with Crippen LogP contribution in [0.4, 0.5) is 5.82 Å². The maximum absolute atomic E-state index is 12.3. The average molecular weight is 340 g/mol. The smallest absolute Gasteiger partial charge is 0.242 e. The van der Waals surface area contributed by atoms with Crippen LogP contribution in [0, 0.1) is 5.92 Å². The van der Waals surface area contributed by atoms with Gasteiger partial charge in [0.15, 0.2) is 0 Å². The topological polar surface area (TPSA) is 105 Å². The van der Waals surface area contributed by atoms with Gasteiger partial charge in [-0.3, -0.25) is 4.79 Å². The van der Waals surface area contributed by atoms with Gasteiger partial charge in [-0.15, -0.1) is 0 Å². The Labute approximate surface area is 137 Å².